The maximum Gasteiger partial charge on any atom is 0.262 e. The summed E-state index contributed by atoms with van der Waals surface area (Å²) in [6, 6.07) is 11.0. The van der Waals surface area contributed by atoms with Crippen molar-refractivity contribution in [1.82, 2.24) is 5.32 Å². The molecule has 8 heteroatoms. The largest absolute Gasteiger partial charge is 0.495 e. The van der Waals surface area contributed by atoms with E-state index in [2.05, 4.69) is 10.0 Å². The minimum Gasteiger partial charge on any atom is -0.495 e. The highest BCUT2D eigenvalue weighted by atomic mass is 32.2. The van der Waals surface area contributed by atoms with Crippen LogP contribution in [0.15, 0.2) is 47.4 Å². The van der Waals surface area contributed by atoms with E-state index in [0.29, 0.717) is 36.6 Å². The van der Waals surface area contributed by atoms with Crippen LogP contribution in [-0.2, 0) is 14.8 Å². The van der Waals surface area contributed by atoms with E-state index < -0.39 is 10.0 Å². The number of hydrogen-bond donors (Lipinski definition) is 2. The summed E-state index contributed by atoms with van der Waals surface area (Å²) in [5, 5.41) is 2.75. The predicted octanol–water partition coefficient (Wildman–Crippen LogP) is 2.57. The van der Waals surface area contributed by atoms with Crippen LogP contribution in [-0.4, -0.2) is 41.7 Å². The molecule has 0 unspecified atom stereocenters. The van der Waals surface area contributed by atoms with Gasteiger partial charge in [0.1, 0.15) is 5.75 Å². The smallest absolute Gasteiger partial charge is 0.262 e. The van der Waals surface area contributed by atoms with Crippen LogP contribution in [0, 0.1) is 6.92 Å². The molecule has 1 amide bonds. The van der Waals surface area contributed by atoms with Crippen molar-refractivity contribution in [3.63, 3.8) is 0 Å². The van der Waals surface area contributed by atoms with E-state index in [-0.39, 0.29) is 10.8 Å². The number of nitrogens with one attached hydrogen (secondary N) is 2. The molecule has 0 aromatic heterocycles. The highest BCUT2D eigenvalue weighted by Crippen LogP contribution is 2.27. The third-order valence-corrected chi connectivity index (χ3v) is 5.22. The van der Waals surface area contributed by atoms with E-state index in [1.165, 1.54) is 31.4 Å². The van der Waals surface area contributed by atoms with Gasteiger partial charge in [0, 0.05) is 25.8 Å². The lowest BCUT2D eigenvalue weighted by Crippen LogP contribution is -2.25. The maximum atomic E-state index is 12.6. The van der Waals surface area contributed by atoms with Crippen molar-refractivity contribution >= 4 is 21.6 Å². The third-order valence-electron chi connectivity index (χ3n) is 3.84. The van der Waals surface area contributed by atoms with Crippen molar-refractivity contribution < 1.29 is 22.7 Å². The summed E-state index contributed by atoms with van der Waals surface area (Å²) in [7, 11) is -0.734. The highest BCUT2D eigenvalue weighted by molar-refractivity contribution is 7.92. The summed E-state index contributed by atoms with van der Waals surface area (Å²) in [6.07, 6.45) is 0.705. The Hall–Kier alpha value is -2.58. The molecular formula is C19H24N2O5S. The third kappa shape index (κ3) is 5.70. The minimum atomic E-state index is -3.81. The summed E-state index contributed by atoms with van der Waals surface area (Å²) in [5.41, 5.74) is 1.64. The fourth-order valence-corrected chi connectivity index (χ4v) is 3.47. The molecular weight excluding hydrogens is 368 g/mol. The van der Waals surface area contributed by atoms with Gasteiger partial charge in [0.15, 0.2) is 0 Å². The van der Waals surface area contributed by atoms with Gasteiger partial charge in [-0.15, -0.1) is 0 Å². The van der Waals surface area contributed by atoms with Crippen LogP contribution in [0.5, 0.6) is 5.75 Å². The number of sulfonamides is 1. The first-order valence-electron chi connectivity index (χ1n) is 8.42. The second-order valence-electron chi connectivity index (χ2n) is 5.94. The van der Waals surface area contributed by atoms with E-state index in [1.54, 1.807) is 19.2 Å². The molecule has 146 valence electrons. The summed E-state index contributed by atoms with van der Waals surface area (Å²) >= 11 is 0. The first-order chi connectivity index (χ1) is 12.9. The highest BCUT2D eigenvalue weighted by Gasteiger charge is 2.17. The van der Waals surface area contributed by atoms with Crippen molar-refractivity contribution in [3.8, 4) is 5.75 Å². The lowest BCUT2D eigenvalue weighted by Gasteiger charge is -2.13. The zero-order valence-corrected chi connectivity index (χ0v) is 16.4. The van der Waals surface area contributed by atoms with Crippen LogP contribution in [0.25, 0.3) is 0 Å². The lowest BCUT2D eigenvalue weighted by molar-refractivity contribution is 0.0948. The van der Waals surface area contributed by atoms with Gasteiger partial charge in [0.05, 0.1) is 17.7 Å². The van der Waals surface area contributed by atoms with E-state index in [0.717, 1.165) is 5.56 Å². The number of ether oxygens (including phenoxy) is 2. The quantitative estimate of drug-likeness (QED) is 0.640. The fourth-order valence-electron chi connectivity index (χ4n) is 2.41. The van der Waals surface area contributed by atoms with E-state index in [4.69, 9.17) is 9.47 Å². The Morgan fingerprint density at radius 2 is 1.78 bits per heavy atom. The minimum absolute atomic E-state index is 0.0574. The summed E-state index contributed by atoms with van der Waals surface area (Å²) in [6.45, 7) is 2.91. The number of rotatable bonds is 9. The first-order valence-corrected chi connectivity index (χ1v) is 9.90. The van der Waals surface area contributed by atoms with Crippen molar-refractivity contribution in [3.05, 3.63) is 53.6 Å². The number of carbonyl (C=O) groups excluding carboxylic acids is 1. The molecule has 7 nitrogen and oxygen atoms in total. The molecule has 0 aliphatic carbocycles. The molecule has 0 spiro atoms. The normalized spacial score (nSPS) is 11.1. The van der Waals surface area contributed by atoms with Crippen LogP contribution in [0.4, 0.5) is 5.69 Å². The summed E-state index contributed by atoms with van der Waals surface area (Å²) < 4.78 is 37.9. The molecule has 2 rings (SSSR count). The van der Waals surface area contributed by atoms with Gasteiger partial charge >= 0.3 is 0 Å². The van der Waals surface area contributed by atoms with Gasteiger partial charge in [0.2, 0.25) is 0 Å². The second-order valence-corrected chi connectivity index (χ2v) is 7.62. The fraction of sp³-hybridized carbons (Fsp3) is 0.316. The van der Waals surface area contributed by atoms with Crippen molar-refractivity contribution in [2.24, 2.45) is 0 Å². The summed E-state index contributed by atoms with van der Waals surface area (Å²) in [4.78, 5) is 12.1. The molecule has 0 aliphatic rings. The molecule has 2 N–H and O–H groups in total. The predicted molar refractivity (Wildman–Crippen MR) is 104 cm³/mol. The van der Waals surface area contributed by atoms with Gasteiger partial charge in [-0.2, -0.15) is 0 Å². The molecule has 0 radical (unpaired) electrons. The molecule has 0 saturated carbocycles. The molecule has 0 heterocycles. The van der Waals surface area contributed by atoms with Crippen molar-refractivity contribution in [2.45, 2.75) is 18.2 Å². The van der Waals surface area contributed by atoms with Gasteiger partial charge in [-0.25, -0.2) is 8.42 Å². The van der Waals surface area contributed by atoms with Crippen LogP contribution in [0.2, 0.25) is 0 Å². The number of hydrogen-bond acceptors (Lipinski definition) is 5. The Kier molecular flexibility index (Phi) is 7.20. The zero-order valence-electron chi connectivity index (χ0n) is 15.6. The van der Waals surface area contributed by atoms with Gasteiger partial charge in [-0.05, 0) is 55.3 Å². The molecule has 0 saturated heterocycles. The maximum absolute atomic E-state index is 12.6. The second kappa shape index (κ2) is 9.38. The number of aryl methyl sites for hydroxylation is 1. The SMILES string of the molecule is COCCCNC(=O)c1ccc(S(=O)(=O)Nc2cc(C)ccc2OC)cc1. The molecule has 0 atom stereocenters. The molecule has 27 heavy (non-hydrogen) atoms. The van der Waals surface area contributed by atoms with Crippen LogP contribution < -0.4 is 14.8 Å². The zero-order chi connectivity index (χ0) is 19.9. The van der Waals surface area contributed by atoms with Gasteiger partial charge in [-0.1, -0.05) is 6.07 Å². The Labute approximate surface area is 159 Å². The van der Waals surface area contributed by atoms with Gasteiger partial charge < -0.3 is 14.8 Å². The molecule has 2 aromatic carbocycles. The Bertz CT molecular complexity index is 879. The first kappa shape index (κ1) is 20.7. The molecule has 2 aromatic rings. The van der Waals surface area contributed by atoms with E-state index in [1.807, 2.05) is 13.0 Å². The van der Waals surface area contributed by atoms with E-state index in [9.17, 15) is 13.2 Å². The monoisotopic (exact) mass is 392 g/mol. The molecule has 0 fully saturated rings. The number of methoxy groups -OCH3 is 2. The van der Waals surface area contributed by atoms with Crippen LogP contribution in [0.3, 0.4) is 0 Å². The topological polar surface area (TPSA) is 93.7 Å². The number of carbonyl (C=O) groups is 1. The van der Waals surface area contributed by atoms with Gasteiger partial charge in [-0.3, -0.25) is 9.52 Å². The number of amides is 1. The van der Waals surface area contributed by atoms with Gasteiger partial charge in [0.25, 0.3) is 15.9 Å². The standard InChI is InChI=1S/C19H24N2O5S/c1-14-5-10-18(26-3)17(13-14)21-27(23,24)16-8-6-15(7-9-16)19(22)20-11-4-12-25-2/h5-10,13,21H,4,11-12H2,1-3H3,(H,20,22). The van der Waals surface area contributed by atoms with Crippen LogP contribution >= 0.6 is 0 Å². The number of benzene rings is 2. The van der Waals surface area contributed by atoms with Crippen molar-refractivity contribution in [1.29, 1.82) is 0 Å². The molecule has 0 bridgehead atoms. The van der Waals surface area contributed by atoms with E-state index >= 15 is 0 Å². The summed E-state index contributed by atoms with van der Waals surface area (Å²) in [5.74, 6) is 0.166. The van der Waals surface area contributed by atoms with Crippen LogP contribution in [0.1, 0.15) is 22.3 Å². The number of anilines is 1. The Balaban J connectivity index is 2.11. The Morgan fingerprint density at radius 1 is 1.07 bits per heavy atom. The Morgan fingerprint density at radius 3 is 2.41 bits per heavy atom. The average Bonchev–Trinajstić information content (AvgIpc) is 2.65. The van der Waals surface area contributed by atoms with Crippen molar-refractivity contribution in [2.75, 3.05) is 32.1 Å². The lowest BCUT2D eigenvalue weighted by atomic mass is 10.2. The molecule has 0 aliphatic heterocycles. The average molecular weight is 392 g/mol.